The van der Waals surface area contributed by atoms with E-state index in [4.69, 9.17) is 5.11 Å². The highest BCUT2D eigenvalue weighted by Gasteiger charge is 2.12. The molecule has 4 heteroatoms. The molecule has 104 valence electrons. The van der Waals surface area contributed by atoms with Gasteiger partial charge in [-0.15, -0.1) is 0 Å². The van der Waals surface area contributed by atoms with Gasteiger partial charge in [0.2, 0.25) is 0 Å². The number of carbonyl (C=O) groups is 1. The van der Waals surface area contributed by atoms with Crippen LogP contribution < -0.4 is 5.32 Å². The molecule has 2 rings (SSSR count). The molecule has 0 heterocycles. The molecule has 0 atom stereocenters. The summed E-state index contributed by atoms with van der Waals surface area (Å²) in [7, 11) is 0. The normalized spacial score (nSPS) is 10.3. The van der Waals surface area contributed by atoms with E-state index in [0.717, 1.165) is 11.1 Å². The van der Waals surface area contributed by atoms with Crippen molar-refractivity contribution in [3.8, 4) is 0 Å². The predicted octanol–water partition coefficient (Wildman–Crippen LogP) is 3.13. The van der Waals surface area contributed by atoms with Crippen molar-refractivity contribution in [2.45, 2.75) is 20.0 Å². The summed E-state index contributed by atoms with van der Waals surface area (Å²) in [6.45, 7) is 1.91. The van der Waals surface area contributed by atoms with Gasteiger partial charge in [0, 0.05) is 5.69 Å². The first kappa shape index (κ1) is 14.2. The summed E-state index contributed by atoms with van der Waals surface area (Å²) in [5, 5.41) is 11.8. The first-order chi connectivity index (χ1) is 9.65. The zero-order chi connectivity index (χ0) is 14.5. The quantitative estimate of drug-likeness (QED) is 0.899. The van der Waals surface area contributed by atoms with Crippen LogP contribution in [0.3, 0.4) is 0 Å². The minimum atomic E-state index is -0.546. The lowest BCUT2D eigenvalue weighted by molar-refractivity contribution is 0.102. The number of aliphatic hydroxyl groups excluding tert-OH is 1. The average molecular weight is 273 g/mol. The van der Waals surface area contributed by atoms with Crippen LogP contribution in [0.25, 0.3) is 0 Å². The minimum absolute atomic E-state index is 0.0146. The summed E-state index contributed by atoms with van der Waals surface area (Å²) < 4.78 is 13.6. The summed E-state index contributed by atoms with van der Waals surface area (Å²) in [5.41, 5.74) is 2.34. The van der Waals surface area contributed by atoms with Crippen LogP contribution in [-0.2, 0) is 13.0 Å². The highest BCUT2D eigenvalue weighted by atomic mass is 19.1. The first-order valence-electron chi connectivity index (χ1n) is 6.44. The fourth-order valence-corrected chi connectivity index (χ4v) is 1.99. The molecule has 0 saturated carbocycles. The smallest absolute Gasteiger partial charge is 0.258 e. The Kier molecular flexibility index (Phi) is 4.48. The summed E-state index contributed by atoms with van der Waals surface area (Å²) in [4.78, 5) is 12.1. The highest BCUT2D eigenvalue weighted by molar-refractivity contribution is 6.04. The maximum absolute atomic E-state index is 13.6. The van der Waals surface area contributed by atoms with Gasteiger partial charge in [0.1, 0.15) is 5.82 Å². The zero-order valence-corrected chi connectivity index (χ0v) is 11.2. The largest absolute Gasteiger partial charge is 0.392 e. The number of aliphatic hydroxyl groups is 1. The van der Waals surface area contributed by atoms with Crippen LogP contribution in [-0.4, -0.2) is 11.0 Å². The molecule has 0 aliphatic rings. The van der Waals surface area contributed by atoms with Gasteiger partial charge in [-0.1, -0.05) is 31.2 Å². The third kappa shape index (κ3) is 3.03. The van der Waals surface area contributed by atoms with E-state index in [9.17, 15) is 9.18 Å². The molecule has 0 radical (unpaired) electrons. The molecule has 2 aromatic rings. The van der Waals surface area contributed by atoms with E-state index < -0.39 is 11.7 Å². The van der Waals surface area contributed by atoms with Crippen LogP contribution in [0.2, 0.25) is 0 Å². The molecule has 2 aromatic carbocycles. The Balaban J connectivity index is 2.26. The van der Waals surface area contributed by atoms with E-state index in [1.165, 1.54) is 12.1 Å². The summed E-state index contributed by atoms with van der Waals surface area (Å²) in [6.07, 6.45) is 0.709. The van der Waals surface area contributed by atoms with E-state index in [1.54, 1.807) is 24.3 Å². The first-order valence-corrected chi connectivity index (χ1v) is 6.44. The molecule has 0 unspecified atom stereocenters. The summed E-state index contributed by atoms with van der Waals surface area (Å²) >= 11 is 0. The summed E-state index contributed by atoms with van der Waals surface area (Å²) in [6, 6.07) is 11.1. The van der Waals surface area contributed by atoms with E-state index in [-0.39, 0.29) is 12.2 Å². The van der Waals surface area contributed by atoms with Crippen LogP contribution in [0, 0.1) is 5.82 Å². The van der Waals surface area contributed by atoms with E-state index in [2.05, 4.69) is 5.32 Å². The topological polar surface area (TPSA) is 49.3 Å². The predicted molar refractivity (Wildman–Crippen MR) is 76.1 cm³/mol. The SMILES string of the molecule is CCc1cc(CO)ccc1NC(=O)c1ccccc1F. The third-order valence-electron chi connectivity index (χ3n) is 3.10. The van der Waals surface area contributed by atoms with Gasteiger partial charge in [0.25, 0.3) is 5.91 Å². The Morgan fingerprint density at radius 2 is 2.00 bits per heavy atom. The highest BCUT2D eigenvalue weighted by Crippen LogP contribution is 2.20. The fourth-order valence-electron chi connectivity index (χ4n) is 1.99. The van der Waals surface area contributed by atoms with Gasteiger partial charge in [0.15, 0.2) is 0 Å². The molecule has 20 heavy (non-hydrogen) atoms. The molecule has 1 amide bonds. The minimum Gasteiger partial charge on any atom is -0.392 e. The Morgan fingerprint density at radius 3 is 2.65 bits per heavy atom. The molecule has 0 spiro atoms. The van der Waals surface area contributed by atoms with Gasteiger partial charge in [0.05, 0.1) is 12.2 Å². The number of rotatable bonds is 4. The number of anilines is 1. The maximum atomic E-state index is 13.6. The zero-order valence-electron chi connectivity index (χ0n) is 11.2. The van der Waals surface area contributed by atoms with Gasteiger partial charge in [-0.25, -0.2) is 4.39 Å². The summed E-state index contributed by atoms with van der Waals surface area (Å²) in [5.74, 6) is -1.02. The lowest BCUT2D eigenvalue weighted by Gasteiger charge is -2.11. The van der Waals surface area contributed by atoms with Crippen molar-refractivity contribution in [1.29, 1.82) is 0 Å². The van der Waals surface area contributed by atoms with Crippen molar-refractivity contribution in [3.63, 3.8) is 0 Å². The van der Waals surface area contributed by atoms with E-state index in [0.29, 0.717) is 12.1 Å². The van der Waals surface area contributed by atoms with Gasteiger partial charge in [-0.2, -0.15) is 0 Å². The molecular formula is C16H16FNO2. The second-order valence-corrected chi connectivity index (χ2v) is 4.44. The van der Waals surface area contributed by atoms with E-state index >= 15 is 0 Å². The van der Waals surface area contributed by atoms with Crippen molar-refractivity contribution in [2.24, 2.45) is 0 Å². The molecule has 0 aromatic heterocycles. The fraction of sp³-hybridized carbons (Fsp3) is 0.188. The average Bonchev–Trinajstić information content (AvgIpc) is 2.48. The molecule has 0 aliphatic carbocycles. The van der Waals surface area contributed by atoms with Gasteiger partial charge in [-0.3, -0.25) is 4.79 Å². The van der Waals surface area contributed by atoms with Crippen molar-refractivity contribution in [1.82, 2.24) is 0 Å². The Bertz CT molecular complexity index is 626. The van der Waals surface area contributed by atoms with E-state index in [1.807, 2.05) is 13.0 Å². The van der Waals surface area contributed by atoms with Crippen LogP contribution in [0.4, 0.5) is 10.1 Å². The monoisotopic (exact) mass is 273 g/mol. The van der Waals surface area contributed by atoms with Crippen molar-refractivity contribution < 1.29 is 14.3 Å². The Morgan fingerprint density at radius 1 is 1.25 bits per heavy atom. The Hall–Kier alpha value is -2.20. The van der Waals surface area contributed by atoms with Crippen LogP contribution in [0.1, 0.15) is 28.4 Å². The maximum Gasteiger partial charge on any atom is 0.258 e. The van der Waals surface area contributed by atoms with Crippen molar-refractivity contribution in [3.05, 3.63) is 65.0 Å². The molecule has 0 bridgehead atoms. The van der Waals surface area contributed by atoms with Crippen LogP contribution >= 0.6 is 0 Å². The molecule has 0 saturated heterocycles. The second-order valence-electron chi connectivity index (χ2n) is 4.44. The second kappa shape index (κ2) is 6.30. The number of amides is 1. The van der Waals surface area contributed by atoms with Crippen molar-refractivity contribution >= 4 is 11.6 Å². The van der Waals surface area contributed by atoms with Gasteiger partial charge < -0.3 is 10.4 Å². The van der Waals surface area contributed by atoms with Gasteiger partial charge in [-0.05, 0) is 35.7 Å². The Labute approximate surface area is 117 Å². The number of aryl methyl sites for hydroxylation is 1. The molecular weight excluding hydrogens is 257 g/mol. The lowest BCUT2D eigenvalue weighted by atomic mass is 10.1. The lowest BCUT2D eigenvalue weighted by Crippen LogP contribution is -2.15. The number of carbonyl (C=O) groups excluding carboxylic acids is 1. The standard InChI is InChI=1S/C16H16FNO2/c1-2-12-9-11(10-19)7-8-15(12)18-16(20)13-5-3-4-6-14(13)17/h3-9,19H,2,10H2,1H3,(H,18,20). The number of halogens is 1. The molecule has 3 nitrogen and oxygen atoms in total. The van der Waals surface area contributed by atoms with Gasteiger partial charge >= 0.3 is 0 Å². The number of hydrogen-bond acceptors (Lipinski definition) is 2. The number of hydrogen-bond donors (Lipinski definition) is 2. The van der Waals surface area contributed by atoms with Crippen LogP contribution in [0.5, 0.6) is 0 Å². The number of benzene rings is 2. The molecule has 2 N–H and O–H groups in total. The molecule has 0 fully saturated rings. The molecule has 0 aliphatic heterocycles. The van der Waals surface area contributed by atoms with Crippen LogP contribution in [0.15, 0.2) is 42.5 Å². The number of nitrogens with one attached hydrogen (secondary N) is 1. The van der Waals surface area contributed by atoms with Crippen molar-refractivity contribution in [2.75, 3.05) is 5.32 Å². The third-order valence-corrected chi connectivity index (χ3v) is 3.10.